The molecule has 0 saturated heterocycles. The fourth-order valence-electron chi connectivity index (χ4n) is 1.24. The zero-order chi connectivity index (χ0) is 15.4. The third-order valence-corrected chi connectivity index (χ3v) is 3.74. The Kier molecular flexibility index (Phi) is 4.98. The van der Waals surface area contributed by atoms with Crippen LogP contribution in [0.5, 0.6) is 5.75 Å². The SMILES string of the molecule is CCS(=O)(=O)CC(=O)Nc1ccc(OC(F)(F)F)cc1. The van der Waals surface area contributed by atoms with Gasteiger partial charge in [0.1, 0.15) is 11.5 Å². The van der Waals surface area contributed by atoms with E-state index in [9.17, 15) is 26.4 Å². The first-order valence-corrected chi connectivity index (χ1v) is 7.29. The summed E-state index contributed by atoms with van der Waals surface area (Å²) in [7, 11) is -3.46. The molecule has 0 aliphatic rings. The molecule has 0 aliphatic carbocycles. The molecule has 1 rings (SSSR count). The summed E-state index contributed by atoms with van der Waals surface area (Å²) >= 11 is 0. The third kappa shape index (κ3) is 5.91. The van der Waals surface area contributed by atoms with Crippen LogP contribution >= 0.6 is 0 Å². The smallest absolute Gasteiger partial charge is 0.406 e. The van der Waals surface area contributed by atoms with E-state index < -0.39 is 33.6 Å². The second kappa shape index (κ2) is 6.12. The zero-order valence-electron chi connectivity index (χ0n) is 10.4. The summed E-state index contributed by atoms with van der Waals surface area (Å²) in [6.45, 7) is 1.41. The Morgan fingerprint density at radius 1 is 1.25 bits per heavy atom. The van der Waals surface area contributed by atoms with Crippen molar-refractivity contribution in [3.05, 3.63) is 24.3 Å². The molecule has 0 aliphatic heterocycles. The molecule has 5 nitrogen and oxygen atoms in total. The number of benzene rings is 1. The molecule has 112 valence electrons. The van der Waals surface area contributed by atoms with Crippen LogP contribution in [0.15, 0.2) is 24.3 Å². The van der Waals surface area contributed by atoms with E-state index in [0.717, 1.165) is 12.1 Å². The number of amides is 1. The van der Waals surface area contributed by atoms with Gasteiger partial charge < -0.3 is 10.1 Å². The number of alkyl halides is 3. The molecule has 1 aromatic carbocycles. The number of sulfone groups is 1. The highest BCUT2D eigenvalue weighted by molar-refractivity contribution is 7.92. The second-order valence-electron chi connectivity index (χ2n) is 3.80. The Labute approximate surface area is 113 Å². The summed E-state index contributed by atoms with van der Waals surface area (Å²) in [5.41, 5.74) is 0.177. The molecule has 20 heavy (non-hydrogen) atoms. The Morgan fingerprint density at radius 3 is 2.25 bits per heavy atom. The minimum absolute atomic E-state index is 0.168. The standard InChI is InChI=1S/C11H12F3NO4S/c1-2-20(17,18)7-10(16)15-8-3-5-9(6-4-8)19-11(12,13)14/h3-6H,2,7H2,1H3,(H,15,16). The normalized spacial score (nSPS) is 12.0. The summed E-state index contributed by atoms with van der Waals surface area (Å²) in [6.07, 6.45) is -4.79. The number of nitrogens with one attached hydrogen (secondary N) is 1. The number of ether oxygens (including phenoxy) is 1. The van der Waals surface area contributed by atoms with Crippen molar-refractivity contribution in [3.63, 3.8) is 0 Å². The highest BCUT2D eigenvalue weighted by atomic mass is 32.2. The molecule has 0 aromatic heterocycles. The van der Waals surface area contributed by atoms with E-state index in [2.05, 4.69) is 10.1 Å². The molecular formula is C11H12F3NO4S. The van der Waals surface area contributed by atoms with Crippen molar-refractivity contribution in [2.24, 2.45) is 0 Å². The van der Waals surface area contributed by atoms with Gasteiger partial charge in [-0.15, -0.1) is 13.2 Å². The quantitative estimate of drug-likeness (QED) is 0.902. The van der Waals surface area contributed by atoms with Gasteiger partial charge in [0.2, 0.25) is 5.91 Å². The Bertz CT molecular complexity index is 566. The van der Waals surface area contributed by atoms with Crippen LogP contribution < -0.4 is 10.1 Å². The third-order valence-electron chi connectivity index (χ3n) is 2.16. The second-order valence-corrected chi connectivity index (χ2v) is 6.15. The lowest BCUT2D eigenvalue weighted by molar-refractivity contribution is -0.274. The Hall–Kier alpha value is -1.77. The maximum absolute atomic E-state index is 11.9. The van der Waals surface area contributed by atoms with E-state index >= 15 is 0 Å². The maximum Gasteiger partial charge on any atom is 0.573 e. The van der Waals surface area contributed by atoms with E-state index in [-0.39, 0.29) is 11.4 Å². The summed E-state index contributed by atoms with van der Waals surface area (Å²) < 4.78 is 61.8. The number of anilines is 1. The maximum atomic E-state index is 11.9. The lowest BCUT2D eigenvalue weighted by Crippen LogP contribution is -2.24. The number of carbonyl (C=O) groups is 1. The van der Waals surface area contributed by atoms with Crippen molar-refractivity contribution < 1.29 is 31.1 Å². The Morgan fingerprint density at radius 2 is 1.80 bits per heavy atom. The van der Waals surface area contributed by atoms with Crippen LogP contribution in [0.25, 0.3) is 0 Å². The van der Waals surface area contributed by atoms with Gasteiger partial charge in [0.05, 0.1) is 0 Å². The van der Waals surface area contributed by atoms with Crippen LogP contribution in [0.2, 0.25) is 0 Å². The minimum atomic E-state index is -4.79. The molecule has 0 radical (unpaired) electrons. The van der Waals surface area contributed by atoms with Gasteiger partial charge in [0.15, 0.2) is 9.84 Å². The van der Waals surface area contributed by atoms with Crippen LogP contribution in [0.1, 0.15) is 6.92 Å². The minimum Gasteiger partial charge on any atom is -0.406 e. The van der Waals surface area contributed by atoms with E-state index in [1.807, 2.05) is 0 Å². The van der Waals surface area contributed by atoms with Gasteiger partial charge in [0.25, 0.3) is 0 Å². The number of rotatable bonds is 5. The van der Waals surface area contributed by atoms with Crippen molar-refractivity contribution in [1.82, 2.24) is 0 Å². The summed E-state index contributed by atoms with van der Waals surface area (Å²) in [5, 5.41) is 2.27. The highest BCUT2D eigenvalue weighted by Crippen LogP contribution is 2.23. The average molecular weight is 311 g/mol. The molecule has 9 heteroatoms. The van der Waals surface area contributed by atoms with Gasteiger partial charge in [-0.3, -0.25) is 4.79 Å². The number of hydrogen-bond donors (Lipinski definition) is 1. The monoisotopic (exact) mass is 311 g/mol. The molecule has 0 atom stereocenters. The lowest BCUT2D eigenvalue weighted by atomic mass is 10.3. The molecule has 0 spiro atoms. The molecule has 0 bridgehead atoms. The molecule has 1 N–H and O–H groups in total. The zero-order valence-corrected chi connectivity index (χ0v) is 11.2. The molecule has 0 unspecified atom stereocenters. The van der Waals surface area contributed by atoms with E-state index in [1.165, 1.54) is 19.1 Å². The van der Waals surface area contributed by atoms with Gasteiger partial charge in [-0.2, -0.15) is 0 Å². The lowest BCUT2D eigenvalue weighted by Gasteiger charge is -2.10. The van der Waals surface area contributed by atoms with Crippen molar-refractivity contribution in [1.29, 1.82) is 0 Å². The molecular weight excluding hydrogens is 299 g/mol. The molecule has 0 heterocycles. The fourth-order valence-corrected chi connectivity index (χ4v) is 1.91. The van der Waals surface area contributed by atoms with Crippen LogP contribution in [-0.4, -0.2) is 32.2 Å². The van der Waals surface area contributed by atoms with Crippen LogP contribution in [0.3, 0.4) is 0 Å². The van der Waals surface area contributed by atoms with Gasteiger partial charge in [-0.1, -0.05) is 6.92 Å². The first-order chi connectivity index (χ1) is 9.11. The predicted molar refractivity (Wildman–Crippen MR) is 66.1 cm³/mol. The van der Waals surface area contributed by atoms with Crippen LogP contribution in [0.4, 0.5) is 18.9 Å². The van der Waals surface area contributed by atoms with Crippen molar-refractivity contribution in [2.75, 3.05) is 16.8 Å². The molecule has 0 saturated carbocycles. The summed E-state index contributed by atoms with van der Waals surface area (Å²) in [6, 6.07) is 4.38. The first kappa shape index (κ1) is 16.3. The Balaban J connectivity index is 2.64. The number of hydrogen-bond acceptors (Lipinski definition) is 4. The van der Waals surface area contributed by atoms with Gasteiger partial charge in [-0.25, -0.2) is 8.42 Å². The van der Waals surface area contributed by atoms with Crippen molar-refractivity contribution in [3.8, 4) is 5.75 Å². The van der Waals surface area contributed by atoms with Crippen molar-refractivity contribution in [2.45, 2.75) is 13.3 Å². The largest absolute Gasteiger partial charge is 0.573 e. The number of carbonyl (C=O) groups excluding carboxylic acids is 1. The fraction of sp³-hybridized carbons (Fsp3) is 0.364. The predicted octanol–water partition coefficient (Wildman–Crippen LogP) is 1.96. The van der Waals surface area contributed by atoms with E-state index in [1.54, 1.807) is 0 Å². The topological polar surface area (TPSA) is 72.5 Å². The average Bonchev–Trinajstić information content (AvgIpc) is 2.29. The number of halogens is 3. The first-order valence-electron chi connectivity index (χ1n) is 5.47. The van der Waals surface area contributed by atoms with Gasteiger partial charge in [0, 0.05) is 11.4 Å². The molecule has 1 aromatic rings. The van der Waals surface area contributed by atoms with Crippen LogP contribution in [-0.2, 0) is 14.6 Å². The van der Waals surface area contributed by atoms with Crippen molar-refractivity contribution >= 4 is 21.4 Å². The van der Waals surface area contributed by atoms with E-state index in [4.69, 9.17) is 0 Å². The van der Waals surface area contributed by atoms with Gasteiger partial charge in [-0.05, 0) is 24.3 Å². The van der Waals surface area contributed by atoms with E-state index in [0.29, 0.717) is 0 Å². The van der Waals surface area contributed by atoms with Crippen LogP contribution in [0, 0.1) is 0 Å². The summed E-state index contributed by atoms with van der Waals surface area (Å²) in [5.74, 6) is -2.03. The molecule has 0 fully saturated rings. The van der Waals surface area contributed by atoms with Gasteiger partial charge >= 0.3 is 6.36 Å². The molecule has 1 amide bonds. The highest BCUT2D eigenvalue weighted by Gasteiger charge is 2.30. The summed E-state index contributed by atoms with van der Waals surface area (Å²) in [4.78, 5) is 11.4.